The molecule has 12 atom stereocenters. The van der Waals surface area contributed by atoms with Crippen molar-refractivity contribution in [1.82, 2.24) is 5.32 Å². The van der Waals surface area contributed by atoms with Gasteiger partial charge in [-0.15, -0.1) is 0 Å². The number of aliphatic hydroxyl groups is 8. The third-order valence-corrected chi connectivity index (χ3v) is 12.6. The summed E-state index contributed by atoms with van der Waals surface area (Å²) in [7, 11) is 0. The van der Waals surface area contributed by atoms with E-state index < -0.39 is 86.8 Å². The molecule has 0 radical (unpaired) electrons. The van der Waals surface area contributed by atoms with Gasteiger partial charge in [-0.3, -0.25) is 4.79 Å². The maximum absolute atomic E-state index is 13.2. The maximum atomic E-state index is 13.2. The zero-order valence-corrected chi connectivity index (χ0v) is 42.7. The molecule has 0 aromatic heterocycles. The van der Waals surface area contributed by atoms with Crippen molar-refractivity contribution in [3.63, 3.8) is 0 Å². The summed E-state index contributed by atoms with van der Waals surface area (Å²) in [4.78, 5) is 13.2. The summed E-state index contributed by atoms with van der Waals surface area (Å²) in [5.41, 5.74) is 0. The Bertz CT molecular complexity index is 1500. The van der Waals surface area contributed by atoms with Gasteiger partial charge in [0.15, 0.2) is 12.6 Å². The van der Waals surface area contributed by atoms with Crippen molar-refractivity contribution in [2.24, 2.45) is 0 Å². The van der Waals surface area contributed by atoms with E-state index in [1.807, 2.05) is 6.08 Å². The number of amides is 1. The summed E-state index contributed by atoms with van der Waals surface area (Å²) in [5, 5.41) is 86.7. The molecule has 9 N–H and O–H groups in total. The predicted octanol–water partition coefficient (Wildman–Crippen LogP) is 7.77. The molecule has 70 heavy (non-hydrogen) atoms. The van der Waals surface area contributed by atoms with Gasteiger partial charge in [-0.25, -0.2) is 0 Å². The average molecular weight is 990 g/mol. The van der Waals surface area contributed by atoms with E-state index in [1.165, 1.54) is 38.5 Å². The van der Waals surface area contributed by atoms with Crippen molar-refractivity contribution in [2.75, 3.05) is 19.8 Å². The van der Waals surface area contributed by atoms with Crippen molar-refractivity contribution in [1.29, 1.82) is 0 Å². The molecule has 12 unspecified atom stereocenters. The van der Waals surface area contributed by atoms with Gasteiger partial charge in [-0.2, -0.15) is 0 Å². The third-order valence-electron chi connectivity index (χ3n) is 12.6. The fourth-order valence-electron chi connectivity index (χ4n) is 8.23. The summed E-state index contributed by atoms with van der Waals surface area (Å²) in [6.07, 6.45) is 37.6. The molecule has 0 aromatic rings. The Labute approximate surface area is 420 Å². The standard InChI is InChI=1S/C56H95NO13/c1-3-5-7-9-11-13-15-16-17-18-19-20-21-22-23-24-25-26-27-28-30-32-34-36-38-40-48(61)57-44(45(60)39-37-35-33-31-29-14-12-10-8-6-4-2)43-67-55-53(66)51(64)54(47(42-59)69-55)70-56-52(65)50(63)49(62)46(41-58)68-56/h5,7,11,13,16-17,19-20,22-23,25-26,37,39,44-47,49-56,58-60,62-66H,3-4,6,8-10,12,14-15,18,21,24,27-36,38,40-43H2,1-2H3,(H,57,61)/b7-5-,13-11-,17-16-,20-19-,23-22-,26-25-,39-37+. The Kier molecular flexibility index (Phi) is 37.6. The van der Waals surface area contributed by atoms with Crippen LogP contribution in [-0.4, -0.2) is 140 Å². The van der Waals surface area contributed by atoms with E-state index in [0.29, 0.717) is 6.42 Å². The first-order valence-corrected chi connectivity index (χ1v) is 26.8. The molecule has 2 aliphatic heterocycles. The molecule has 0 aliphatic carbocycles. The molecule has 1 amide bonds. The number of nitrogens with one attached hydrogen (secondary N) is 1. The highest BCUT2D eigenvalue weighted by molar-refractivity contribution is 5.76. The van der Waals surface area contributed by atoms with Gasteiger partial charge in [-0.1, -0.05) is 176 Å². The minimum absolute atomic E-state index is 0.259. The SMILES string of the molecule is CC/C=C\C/C=C\C/C=C\C/C=C\C/C=C\C/C=C\CCCCCCCCC(=O)NC(COC1OC(CO)C(OC2OC(CO)C(O)C(O)C2O)C(O)C1O)C(O)/C=C/CCCCCCCCCCC. The van der Waals surface area contributed by atoms with Crippen molar-refractivity contribution < 1.29 is 64.6 Å². The molecule has 0 bridgehead atoms. The van der Waals surface area contributed by atoms with Crippen LogP contribution in [0.3, 0.4) is 0 Å². The quantitative estimate of drug-likeness (QED) is 0.0212. The first-order valence-electron chi connectivity index (χ1n) is 26.8. The monoisotopic (exact) mass is 990 g/mol. The second-order valence-electron chi connectivity index (χ2n) is 18.6. The molecule has 14 heteroatoms. The van der Waals surface area contributed by atoms with E-state index in [1.54, 1.807) is 6.08 Å². The second kappa shape index (κ2) is 41.6. The number of ether oxygens (including phenoxy) is 4. The lowest BCUT2D eigenvalue weighted by Gasteiger charge is -2.46. The van der Waals surface area contributed by atoms with Crippen molar-refractivity contribution in [3.05, 3.63) is 85.1 Å². The Morgan fingerprint density at radius 1 is 0.529 bits per heavy atom. The Morgan fingerprint density at radius 3 is 1.51 bits per heavy atom. The van der Waals surface area contributed by atoms with Gasteiger partial charge in [-0.05, 0) is 70.6 Å². The van der Waals surface area contributed by atoms with Gasteiger partial charge in [0.1, 0.15) is 48.8 Å². The molecule has 0 saturated carbocycles. The van der Waals surface area contributed by atoms with Crippen LogP contribution in [-0.2, 0) is 23.7 Å². The fourth-order valence-corrected chi connectivity index (χ4v) is 8.23. The Balaban J connectivity index is 1.78. The van der Waals surface area contributed by atoms with Crippen molar-refractivity contribution in [2.45, 2.75) is 242 Å². The highest BCUT2D eigenvalue weighted by atomic mass is 16.7. The molecule has 0 aromatic carbocycles. The molecule has 2 heterocycles. The van der Waals surface area contributed by atoms with Crippen LogP contribution in [0.4, 0.5) is 0 Å². The fraction of sp³-hybridized carbons (Fsp3) is 0.732. The van der Waals surface area contributed by atoms with Gasteiger partial charge < -0.3 is 65.1 Å². The van der Waals surface area contributed by atoms with Crippen LogP contribution in [0.2, 0.25) is 0 Å². The Hall–Kier alpha value is -2.83. The number of rotatable bonds is 40. The first-order chi connectivity index (χ1) is 34.1. The summed E-state index contributed by atoms with van der Waals surface area (Å²) >= 11 is 0. The summed E-state index contributed by atoms with van der Waals surface area (Å²) in [5.74, 6) is -0.260. The third kappa shape index (κ3) is 27.8. The number of hydrogen-bond donors (Lipinski definition) is 9. The maximum Gasteiger partial charge on any atom is 0.220 e. The van der Waals surface area contributed by atoms with Gasteiger partial charge in [0.25, 0.3) is 0 Å². The van der Waals surface area contributed by atoms with Crippen LogP contribution in [0.25, 0.3) is 0 Å². The van der Waals surface area contributed by atoms with Crippen LogP contribution < -0.4 is 5.32 Å². The Morgan fingerprint density at radius 2 is 0.986 bits per heavy atom. The normalized spacial score (nSPS) is 26.7. The zero-order chi connectivity index (χ0) is 51.0. The summed E-state index contributed by atoms with van der Waals surface area (Å²) < 4.78 is 22.7. The van der Waals surface area contributed by atoms with Crippen LogP contribution in [0, 0.1) is 0 Å². The van der Waals surface area contributed by atoms with Gasteiger partial charge in [0.05, 0.1) is 32.0 Å². The predicted molar refractivity (Wildman–Crippen MR) is 276 cm³/mol. The lowest BCUT2D eigenvalue weighted by molar-refractivity contribution is -0.359. The van der Waals surface area contributed by atoms with Gasteiger partial charge >= 0.3 is 0 Å². The number of carbonyl (C=O) groups excluding carboxylic acids is 1. The summed E-state index contributed by atoms with van der Waals surface area (Å²) in [6, 6.07) is -0.926. The highest BCUT2D eigenvalue weighted by Crippen LogP contribution is 2.30. The zero-order valence-electron chi connectivity index (χ0n) is 42.7. The molecule has 2 rings (SSSR count). The van der Waals surface area contributed by atoms with Crippen molar-refractivity contribution in [3.8, 4) is 0 Å². The molecule has 402 valence electrons. The molecular formula is C56H95NO13. The average Bonchev–Trinajstić information content (AvgIpc) is 3.36. The lowest BCUT2D eigenvalue weighted by atomic mass is 9.97. The van der Waals surface area contributed by atoms with E-state index in [9.17, 15) is 45.6 Å². The number of aliphatic hydroxyl groups excluding tert-OH is 8. The second-order valence-corrected chi connectivity index (χ2v) is 18.6. The molecule has 2 saturated heterocycles. The van der Waals surface area contributed by atoms with Crippen LogP contribution in [0.5, 0.6) is 0 Å². The number of allylic oxidation sites excluding steroid dienone is 13. The minimum atomic E-state index is -1.79. The van der Waals surface area contributed by atoms with Gasteiger partial charge in [0.2, 0.25) is 5.91 Å². The molecule has 2 aliphatic rings. The van der Waals surface area contributed by atoms with Crippen LogP contribution in [0.1, 0.15) is 168 Å². The van der Waals surface area contributed by atoms with Crippen molar-refractivity contribution >= 4 is 5.91 Å². The smallest absolute Gasteiger partial charge is 0.220 e. The summed E-state index contributed by atoms with van der Waals surface area (Å²) in [6.45, 7) is 2.62. The first kappa shape index (κ1) is 63.3. The molecule has 0 spiro atoms. The topological polar surface area (TPSA) is 228 Å². The molecule has 2 fully saturated rings. The van der Waals surface area contributed by atoms with Crippen LogP contribution in [0.15, 0.2) is 85.1 Å². The van der Waals surface area contributed by atoms with E-state index >= 15 is 0 Å². The van der Waals surface area contributed by atoms with Crippen LogP contribution >= 0.6 is 0 Å². The van der Waals surface area contributed by atoms with E-state index in [2.05, 4.69) is 92.1 Å². The lowest BCUT2D eigenvalue weighted by Crippen LogP contribution is -2.65. The van der Waals surface area contributed by atoms with E-state index in [0.717, 1.165) is 103 Å². The highest BCUT2D eigenvalue weighted by Gasteiger charge is 2.51. The van der Waals surface area contributed by atoms with Gasteiger partial charge in [0, 0.05) is 6.42 Å². The number of hydrogen-bond acceptors (Lipinski definition) is 13. The number of unbranched alkanes of at least 4 members (excludes halogenated alkanes) is 15. The number of carbonyl (C=O) groups is 1. The minimum Gasteiger partial charge on any atom is -0.394 e. The molecule has 14 nitrogen and oxygen atoms in total. The molecular weight excluding hydrogens is 895 g/mol. The van der Waals surface area contributed by atoms with E-state index in [4.69, 9.17) is 18.9 Å². The van der Waals surface area contributed by atoms with E-state index in [-0.39, 0.29) is 18.9 Å². The largest absolute Gasteiger partial charge is 0.394 e.